The first-order valence-electron chi connectivity index (χ1n) is 6.16. The highest BCUT2D eigenvalue weighted by molar-refractivity contribution is 14.1. The van der Waals surface area contributed by atoms with E-state index in [2.05, 4.69) is 4.98 Å². The summed E-state index contributed by atoms with van der Waals surface area (Å²) in [7, 11) is 0. The number of hydrogen-bond donors (Lipinski definition) is 1. The maximum absolute atomic E-state index is 11.9. The van der Waals surface area contributed by atoms with Crippen LogP contribution in [0.4, 0.5) is 0 Å². The van der Waals surface area contributed by atoms with Gasteiger partial charge >= 0.3 is 5.97 Å². The van der Waals surface area contributed by atoms with Crippen LogP contribution in [0, 0.1) is 10.5 Å². The van der Waals surface area contributed by atoms with Crippen molar-refractivity contribution in [3.8, 4) is 5.75 Å². The van der Waals surface area contributed by atoms with Gasteiger partial charge in [0, 0.05) is 0 Å². The first-order chi connectivity index (χ1) is 9.99. The summed E-state index contributed by atoms with van der Waals surface area (Å²) in [6, 6.07) is 6.12. The molecule has 0 spiro atoms. The second kappa shape index (κ2) is 6.70. The number of rotatable bonds is 5. The van der Waals surface area contributed by atoms with Crippen LogP contribution in [0.25, 0.3) is 0 Å². The van der Waals surface area contributed by atoms with Gasteiger partial charge in [0.25, 0.3) is 5.56 Å². The lowest BCUT2D eigenvalue weighted by Gasteiger charge is -2.09. The number of aryl methyl sites for hydroxylation is 1. The maximum Gasteiger partial charge on any atom is 0.335 e. The average molecular weight is 400 g/mol. The van der Waals surface area contributed by atoms with E-state index in [0.29, 0.717) is 28.2 Å². The Morgan fingerprint density at radius 1 is 1.38 bits per heavy atom. The Kier molecular flexibility index (Phi) is 4.94. The molecule has 0 aliphatic heterocycles. The van der Waals surface area contributed by atoms with Crippen molar-refractivity contribution in [2.24, 2.45) is 0 Å². The molecule has 0 aliphatic rings. The quantitative estimate of drug-likeness (QED) is 0.776. The number of hydrogen-bond acceptors (Lipinski definition) is 4. The highest BCUT2D eigenvalue weighted by atomic mass is 127. The number of carbonyl (C=O) groups is 1. The van der Waals surface area contributed by atoms with Gasteiger partial charge in [-0.05, 0) is 53.8 Å². The summed E-state index contributed by atoms with van der Waals surface area (Å²) in [6.07, 6.45) is 1.50. The van der Waals surface area contributed by atoms with Crippen LogP contribution >= 0.6 is 22.6 Å². The fourth-order valence-electron chi connectivity index (χ4n) is 1.66. The summed E-state index contributed by atoms with van der Waals surface area (Å²) < 4.78 is 7.57. The molecule has 0 bridgehead atoms. The molecule has 2 aromatic rings. The molecular formula is C14H13IN2O4. The predicted octanol–water partition coefficient (Wildman–Crippen LogP) is 1.93. The molecule has 0 saturated carbocycles. The molecule has 2 rings (SSSR count). The van der Waals surface area contributed by atoms with Gasteiger partial charge < -0.3 is 9.84 Å². The molecule has 0 unspecified atom stereocenters. The van der Waals surface area contributed by atoms with E-state index >= 15 is 0 Å². The Hall–Kier alpha value is -1.90. The largest absolute Gasteiger partial charge is 0.492 e. The Morgan fingerprint density at radius 2 is 2.05 bits per heavy atom. The van der Waals surface area contributed by atoms with Gasteiger partial charge in [0.1, 0.15) is 12.4 Å². The lowest BCUT2D eigenvalue weighted by molar-refractivity contribution is 0.0697. The van der Waals surface area contributed by atoms with Gasteiger partial charge in [-0.15, -0.1) is 0 Å². The van der Waals surface area contributed by atoms with Crippen LogP contribution in [0.3, 0.4) is 0 Å². The third-order valence-electron chi connectivity index (χ3n) is 2.86. The summed E-state index contributed by atoms with van der Waals surface area (Å²) in [5, 5.41) is 8.79. The standard InChI is InChI=1S/C14H13IN2O4/c1-9-12(15)13(18)17(8-16-9)6-7-21-11-4-2-10(3-5-11)14(19)20/h2-5,8H,6-7H2,1H3,(H,19,20). The third kappa shape index (κ3) is 3.81. The number of benzene rings is 1. The van der Waals surface area contributed by atoms with Crippen LogP contribution in [-0.2, 0) is 6.54 Å². The van der Waals surface area contributed by atoms with E-state index in [4.69, 9.17) is 9.84 Å². The van der Waals surface area contributed by atoms with Gasteiger partial charge in [-0.1, -0.05) is 0 Å². The Balaban J connectivity index is 1.97. The van der Waals surface area contributed by atoms with Gasteiger partial charge in [0.2, 0.25) is 0 Å². The minimum absolute atomic E-state index is 0.0899. The second-order valence-electron chi connectivity index (χ2n) is 4.32. The smallest absolute Gasteiger partial charge is 0.335 e. The Morgan fingerprint density at radius 3 is 2.67 bits per heavy atom. The predicted molar refractivity (Wildman–Crippen MR) is 84.8 cm³/mol. The molecule has 0 saturated heterocycles. The van der Waals surface area contributed by atoms with Crippen LogP contribution in [0.5, 0.6) is 5.75 Å². The molecular weight excluding hydrogens is 387 g/mol. The molecule has 1 heterocycles. The molecule has 0 atom stereocenters. The molecule has 0 aliphatic carbocycles. The van der Waals surface area contributed by atoms with Crippen molar-refractivity contribution in [1.29, 1.82) is 0 Å². The molecule has 1 N–H and O–H groups in total. The van der Waals surface area contributed by atoms with Crippen LogP contribution in [0.2, 0.25) is 0 Å². The number of aromatic carboxylic acids is 1. The third-order valence-corrected chi connectivity index (χ3v) is 4.10. The molecule has 110 valence electrons. The lowest BCUT2D eigenvalue weighted by Crippen LogP contribution is -2.26. The number of aromatic nitrogens is 2. The van der Waals surface area contributed by atoms with E-state index in [0.717, 1.165) is 0 Å². The summed E-state index contributed by atoms with van der Waals surface area (Å²) in [5.41, 5.74) is 0.825. The molecule has 21 heavy (non-hydrogen) atoms. The van der Waals surface area contributed by atoms with Crippen molar-refractivity contribution >= 4 is 28.6 Å². The maximum atomic E-state index is 11.9. The molecule has 0 fully saturated rings. The zero-order chi connectivity index (χ0) is 15.4. The number of ether oxygens (including phenoxy) is 1. The number of halogens is 1. The van der Waals surface area contributed by atoms with E-state index in [9.17, 15) is 9.59 Å². The van der Waals surface area contributed by atoms with Crippen molar-refractivity contribution in [3.63, 3.8) is 0 Å². The second-order valence-corrected chi connectivity index (χ2v) is 5.40. The number of carboxylic acids is 1. The zero-order valence-electron chi connectivity index (χ0n) is 11.2. The minimum atomic E-state index is -0.978. The summed E-state index contributed by atoms with van der Waals surface area (Å²) in [5.74, 6) is -0.420. The summed E-state index contributed by atoms with van der Waals surface area (Å²) >= 11 is 1.98. The van der Waals surface area contributed by atoms with Crippen LogP contribution in [0.15, 0.2) is 35.4 Å². The molecule has 0 amide bonds. The molecule has 1 aromatic heterocycles. The number of carboxylic acid groups (broad SMARTS) is 1. The highest BCUT2D eigenvalue weighted by Gasteiger charge is 2.06. The minimum Gasteiger partial charge on any atom is -0.492 e. The van der Waals surface area contributed by atoms with Gasteiger partial charge in [-0.25, -0.2) is 9.78 Å². The normalized spacial score (nSPS) is 10.4. The van der Waals surface area contributed by atoms with Crippen molar-refractivity contribution < 1.29 is 14.6 Å². The fourth-order valence-corrected chi connectivity index (χ4v) is 2.11. The van der Waals surface area contributed by atoms with Crippen molar-refractivity contribution in [1.82, 2.24) is 9.55 Å². The Bertz CT molecular complexity index is 710. The van der Waals surface area contributed by atoms with Gasteiger partial charge in [0.05, 0.1) is 27.7 Å². The monoisotopic (exact) mass is 400 g/mol. The zero-order valence-corrected chi connectivity index (χ0v) is 13.4. The summed E-state index contributed by atoms with van der Waals surface area (Å²) in [6.45, 7) is 2.46. The highest BCUT2D eigenvalue weighted by Crippen LogP contribution is 2.12. The Labute approximate surface area is 134 Å². The fraction of sp³-hybridized carbons (Fsp3) is 0.214. The van der Waals surface area contributed by atoms with E-state index in [1.165, 1.54) is 23.0 Å². The SMILES string of the molecule is Cc1ncn(CCOc2ccc(C(=O)O)cc2)c(=O)c1I. The van der Waals surface area contributed by atoms with Crippen LogP contribution in [-0.4, -0.2) is 27.2 Å². The summed E-state index contributed by atoms with van der Waals surface area (Å²) in [4.78, 5) is 26.8. The van der Waals surface area contributed by atoms with E-state index in [1.54, 1.807) is 19.1 Å². The topological polar surface area (TPSA) is 81.4 Å². The first-order valence-corrected chi connectivity index (χ1v) is 7.24. The van der Waals surface area contributed by atoms with Gasteiger partial charge in [-0.3, -0.25) is 9.36 Å². The van der Waals surface area contributed by atoms with Crippen molar-refractivity contribution in [3.05, 3.63) is 55.8 Å². The van der Waals surface area contributed by atoms with Crippen molar-refractivity contribution in [2.75, 3.05) is 6.61 Å². The molecule has 6 nitrogen and oxygen atoms in total. The van der Waals surface area contributed by atoms with Crippen LogP contribution < -0.4 is 10.3 Å². The van der Waals surface area contributed by atoms with E-state index in [1.807, 2.05) is 22.6 Å². The molecule has 0 radical (unpaired) electrons. The van der Waals surface area contributed by atoms with Crippen molar-refractivity contribution in [2.45, 2.75) is 13.5 Å². The average Bonchev–Trinajstić information content (AvgIpc) is 2.48. The van der Waals surface area contributed by atoms with Gasteiger partial charge in [0.15, 0.2) is 0 Å². The molecule has 7 heteroatoms. The van der Waals surface area contributed by atoms with E-state index in [-0.39, 0.29) is 11.1 Å². The lowest BCUT2D eigenvalue weighted by atomic mass is 10.2. The van der Waals surface area contributed by atoms with E-state index < -0.39 is 5.97 Å². The first kappa shape index (κ1) is 15.5. The molecule has 1 aromatic carbocycles. The van der Waals surface area contributed by atoms with Crippen LogP contribution in [0.1, 0.15) is 16.1 Å². The van der Waals surface area contributed by atoms with Gasteiger partial charge in [-0.2, -0.15) is 0 Å². The number of nitrogens with zero attached hydrogens (tertiary/aromatic N) is 2.